The van der Waals surface area contributed by atoms with Crippen LogP contribution in [0.25, 0.3) is 0 Å². The van der Waals surface area contributed by atoms with Gasteiger partial charge in [0.15, 0.2) is 11.5 Å². The lowest BCUT2D eigenvalue weighted by molar-refractivity contribution is 0.0616. The molecule has 0 aliphatic carbocycles. The van der Waals surface area contributed by atoms with Crippen LogP contribution in [0, 0.1) is 0 Å². The highest BCUT2D eigenvalue weighted by Crippen LogP contribution is 2.42. The molecule has 0 radical (unpaired) electrons. The van der Waals surface area contributed by atoms with Crippen molar-refractivity contribution in [1.29, 1.82) is 0 Å². The quantitative estimate of drug-likeness (QED) is 0.730. The van der Waals surface area contributed by atoms with E-state index in [0.717, 1.165) is 18.6 Å². The van der Waals surface area contributed by atoms with Crippen LogP contribution in [-0.2, 0) is 20.2 Å². The molecule has 0 amide bonds. The van der Waals surface area contributed by atoms with Crippen molar-refractivity contribution < 1.29 is 34.7 Å². The van der Waals surface area contributed by atoms with E-state index in [4.69, 9.17) is 13.1 Å². The topological polar surface area (TPSA) is 113 Å². The molecule has 1 heterocycles. The van der Waals surface area contributed by atoms with Crippen LogP contribution in [0.1, 0.15) is 30.6 Å². The van der Waals surface area contributed by atoms with Gasteiger partial charge in [0.2, 0.25) is 0 Å². The Morgan fingerprint density at radius 1 is 1.04 bits per heavy atom. The van der Waals surface area contributed by atoms with Crippen molar-refractivity contribution in [1.82, 2.24) is 0 Å². The second-order valence-corrected chi connectivity index (χ2v) is 8.98. The first kappa shape index (κ1) is 17.5. The summed E-state index contributed by atoms with van der Waals surface area (Å²) < 4.78 is 60.5. The van der Waals surface area contributed by atoms with Gasteiger partial charge in [-0.05, 0) is 13.8 Å². The summed E-state index contributed by atoms with van der Waals surface area (Å²) in [5.74, 6) is -0.911. The molecule has 0 spiro atoms. The maximum atomic E-state index is 12.3. The summed E-state index contributed by atoms with van der Waals surface area (Å²) in [7, 11) is -7.79. The number of benzene rings is 1. The molecule has 0 unspecified atom stereocenters. The fraction of sp³-hybridized carbons (Fsp3) is 0.462. The van der Waals surface area contributed by atoms with Gasteiger partial charge in [0.05, 0.1) is 18.9 Å². The Hall–Kier alpha value is -1.81. The zero-order valence-corrected chi connectivity index (χ0v) is 14.6. The van der Waals surface area contributed by atoms with E-state index in [0.29, 0.717) is 0 Å². The molecule has 1 aromatic carbocycles. The molecule has 128 valence electrons. The summed E-state index contributed by atoms with van der Waals surface area (Å²) >= 11 is 0. The molecule has 0 aromatic heterocycles. The molecule has 1 aliphatic rings. The molecule has 0 fully saturated rings. The first-order valence-corrected chi connectivity index (χ1v) is 10.1. The molecule has 23 heavy (non-hydrogen) atoms. The molecular weight excluding hydrogens is 348 g/mol. The van der Waals surface area contributed by atoms with Crippen molar-refractivity contribution in [3.63, 3.8) is 0 Å². The number of ether oxygens (including phenoxy) is 1. The van der Waals surface area contributed by atoms with E-state index in [2.05, 4.69) is 0 Å². The summed E-state index contributed by atoms with van der Waals surface area (Å²) in [6.45, 7) is 3.35. The van der Waals surface area contributed by atoms with E-state index in [-0.39, 0.29) is 35.0 Å². The fourth-order valence-corrected chi connectivity index (χ4v) is 3.09. The van der Waals surface area contributed by atoms with Crippen molar-refractivity contribution in [3.05, 3.63) is 17.7 Å². The van der Waals surface area contributed by atoms with Crippen molar-refractivity contribution in [2.75, 3.05) is 12.5 Å². The zero-order valence-electron chi connectivity index (χ0n) is 12.9. The summed E-state index contributed by atoms with van der Waals surface area (Å²) in [4.78, 5) is 12.3. The first-order valence-electron chi connectivity index (χ1n) is 6.45. The molecule has 8 nitrogen and oxygen atoms in total. The lowest BCUT2D eigenvalue weighted by Gasteiger charge is -2.32. The number of rotatable bonds is 4. The van der Waals surface area contributed by atoms with E-state index in [1.54, 1.807) is 13.8 Å². The second kappa shape index (κ2) is 5.38. The van der Waals surface area contributed by atoms with E-state index in [1.807, 2.05) is 0 Å². The average molecular weight is 364 g/mol. The SMILES string of the molecule is CC1(C)CC(=O)c2c(cc(OS(C)(=O)=O)cc2OS(C)(=O)=O)O1. The number of hydrogen-bond donors (Lipinski definition) is 0. The first-order chi connectivity index (χ1) is 10.3. The van der Waals surface area contributed by atoms with Crippen LogP contribution < -0.4 is 13.1 Å². The van der Waals surface area contributed by atoms with Crippen molar-refractivity contribution in [2.24, 2.45) is 0 Å². The summed E-state index contributed by atoms with van der Waals surface area (Å²) in [5, 5.41) is 0. The fourth-order valence-electron chi connectivity index (χ4n) is 2.18. The molecule has 2 rings (SSSR count). The number of ketones is 1. The van der Waals surface area contributed by atoms with E-state index in [9.17, 15) is 21.6 Å². The molecule has 0 saturated carbocycles. The average Bonchev–Trinajstić information content (AvgIpc) is 2.19. The van der Waals surface area contributed by atoms with Crippen molar-refractivity contribution in [3.8, 4) is 17.2 Å². The standard InChI is InChI=1S/C13H16O8S2/c1-13(2)7-9(14)12-10(19-13)5-8(20-22(3,15)16)6-11(12)21-23(4,17)18/h5-6H,7H2,1-4H3. The Bertz CT molecular complexity index is 865. The van der Waals surface area contributed by atoms with Gasteiger partial charge in [-0.1, -0.05) is 0 Å². The molecule has 0 N–H and O–H groups in total. The van der Waals surface area contributed by atoms with E-state index >= 15 is 0 Å². The van der Waals surface area contributed by atoms with Crippen LogP contribution >= 0.6 is 0 Å². The van der Waals surface area contributed by atoms with Crippen LogP contribution in [-0.4, -0.2) is 40.7 Å². The van der Waals surface area contributed by atoms with Gasteiger partial charge in [-0.2, -0.15) is 16.8 Å². The largest absolute Gasteiger partial charge is 0.486 e. The van der Waals surface area contributed by atoms with Gasteiger partial charge in [0.1, 0.15) is 22.7 Å². The minimum atomic E-state index is -3.94. The molecule has 0 saturated heterocycles. The smallest absolute Gasteiger partial charge is 0.306 e. The third kappa shape index (κ3) is 4.58. The van der Waals surface area contributed by atoms with Crippen LogP contribution in [0.15, 0.2) is 12.1 Å². The molecule has 1 aliphatic heterocycles. The van der Waals surface area contributed by atoms with Crippen LogP contribution in [0.3, 0.4) is 0 Å². The highest BCUT2D eigenvalue weighted by atomic mass is 32.2. The monoisotopic (exact) mass is 364 g/mol. The predicted octanol–water partition coefficient (Wildman–Crippen LogP) is 1.11. The van der Waals surface area contributed by atoms with Gasteiger partial charge in [-0.3, -0.25) is 4.79 Å². The Morgan fingerprint density at radius 2 is 1.61 bits per heavy atom. The normalized spacial score (nSPS) is 17.1. The van der Waals surface area contributed by atoms with E-state index < -0.39 is 25.8 Å². The van der Waals surface area contributed by atoms with Crippen molar-refractivity contribution in [2.45, 2.75) is 25.9 Å². The van der Waals surface area contributed by atoms with Gasteiger partial charge < -0.3 is 13.1 Å². The third-order valence-corrected chi connectivity index (χ3v) is 3.76. The molecule has 10 heteroatoms. The zero-order chi connectivity index (χ0) is 17.6. The van der Waals surface area contributed by atoms with Gasteiger partial charge in [-0.25, -0.2) is 0 Å². The van der Waals surface area contributed by atoms with Crippen LogP contribution in [0.4, 0.5) is 0 Å². The Kier molecular flexibility index (Phi) is 4.10. The van der Waals surface area contributed by atoms with Gasteiger partial charge >= 0.3 is 20.2 Å². The summed E-state index contributed by atoms with van der Waals surface area (Å²) in [6, 6.07) is 2.24. The van der Waals surface area contributed by atoms with Crippen LogP contribution in [0.2, 0.25) is 0 Å². The number of carbonyl (C=O) groups excluding carboxylic acids is 1. The van der Waals surface area contributed by atoms with Gasteiger partial charge in [-0.15, -0.1) is 0 Å². The summed E-state index contributed by atoms with van der Waals surface area (Å²) in [6.07, 6.45) is 1.66. The highest BCUT2D eigenvalue weighted by Gasteiger charge is 2.36. The maximum absolute atomic E-state index is 12.3. The van der Waals surface area contributed by atoms with Crippen LogP contribution in [0.5, 0.6) is 17.2 Å². The van der Waals surface area contributed by atoms with E-state index in [1.165, 1.54) is 6.07 Å². The minimum absolute atomic E-state index is 0.00560. The Labute approximate surface area is 134 Å². The third-order valence-electron chi connectivity index (χ3n) is 2.78. The van der Waals surface area contributed by atoms with Gasteiger partial charge in [0.25, 0.3) is 0 Å². The molecule has 0 bridgehead atoms. The Morgan fingerprint density at radius 3 is 2.13 bits per heavy atom. The summed E-state index contributed by atoms with van der Waals surface area (Å²) in [5.41, 5.74) is -0.883. The highest BCUT2D eigenvalue weighted by molar-refractivity contribution is 7.86. The lowest BCUT2D eigenvalue weighted by atomic mass is 9.92. The Balaban J connectivity index is 2.64. The minimum Gasteiger partial charge on any atom is -0.486 e. The second-order valence-electron chi connectivity index (χ2n) is 5.83. The molecule has 1 aromatic rings. The maximum Gasteiger partial charge on any atom is 0.306 e. The number of Topliss-reactive ketones (excluding diaryl/α,β-unsaturated/α-hetero) is 1. The number of hydrogen-bond acceptors (Lipinski definition) is 8. The molecular formula is C13H16O8S2. The van der Waals surface area contributed by atoms with Crippen molar-refractivity contribution >= 4 is 26.0 Å². The van der Waals surface area contributed by atoms with Gasteiger partial charge in [0, 0.05) is 12.1 Å². The lowest BCUT2D eigenvalue weighted by Crippen LogP contribution is -2.36. The number of fused-ring (bicyclic) bond motifs is 1. The number of carbonyl (C=O) groups is 1. The predicted molar refractivity (Wildman–Crippen MR) is 81.0 cm³/mol. The molecule has 0 atom stereocenters.